The molecule has 0 spiro atoms. The van der Waals surface area contributed by atoms with Crippen LogP contribution in [0.3, 0.4) is 0 Å². The summed E-state index contributed by atoms with van der Waals surface area (Å²) in [5, 5.41) is 8.48. The van der Waals surface area contributed by atoms with E-state index in [4.69, 9.17) is 0 Å². The van der Waals surface area contributed by atoms with E-state index in [-0.39, 0.29) is 35.6 Å². The Morgan fingerprint density at radius 2 is 1.63 bits per heavy atom. The van der Waals surface area contributed by atoms with Crippen molar-refractivity contribution >= 4 is 23.5 Å². The second-order valence-electron chi connectivity index (χ2n) is 8.14. The summed E-state index contributed by atoms with van der Waals surface area (Å²) in [7, 11) is 0. The van der Waals surface area contributed by atoms with E-state index in [0.717, 1.165) is 25.7 Å². The third-order valence-corrected chi connectivity index (χ3v) is 5.90. The van der Waals surface area contributed by atoms with Crippen LogP contribution in [-0.2, 0) is 9.59 Å². The molecule has 0 aromatic heterocycles. The predicted molar refractivity (Wildman–Crippen MR) is 112 cm³/mol. The zero-order chi connectivity index (χ0) is 21.3. The van der Waals surface area contributed by atoms with Gasteiger partial charge in [-0.15, -0.1) is 0 Å². The fourth-order valence-corrected chi connectivity index (χ4v) is 4.12. The van der Waals surface area contributed by atoms with Gasteiger partial charge in [0, 0.05) is 43.7 Å². The number of nitrogens with one attached hydrogen (secondary N) is 3. The minimum Gasteiger partial charge on any atom is -0.355 e. The van der Waals surface area contributed by atoms with Crippen LogP contribution in [-0.4, -0.2) is 48.4 Å². The van der Waals surface area contributed by atoms with E-state index in [9.17, 15) is 18.8 Å². The number of carbonyl (C=O) groups is 3. The molecular formula is C22H31FN4O3. The first-order valence-corrected chi connectivity index (χ1v) is 10.9. The van der Waals surface area contributed by atoms with Gasteiger partial charge in [0.05, 0.1) is 0 Å². The zero-order valence-electron chi connectivity index (χ0n) is 17.3. The molecule has 0 radical (unpaired) electrons. The maximum Gasteiger partial charge on any atom is 0.319 e. The van der Waals surface area contributed by atoms with Crippen LogP contribution in [0.5, 0.6) is 0 Å². The molecule has 0 atom stereocenters. The van der Waals surface area contributed by atoms with Crippen LogP contribution in [0.2, 0.25) is 0 Å². The van der Waals surface area contributed by atoms with Crippen molar-refractivity contribution in [1.82, 2.24) is 15.5 Å². The first-order valence-electron chi connectivity index (χ1n) is 10.9. The number of hydrogen-bond acceptors (Lipinski definition) is 3. The van der Waals surface area contributed by atoms with Crippen molar-refractivity contribution in [2.45, 2.75) is 57.4 Å². The minimum atomic E-state index is -0.355. The van der Waals surface area contributed by atoms with Gasteiger partial charge < -0.3 is 20.9 Å². The Bertz CT molecular complexity index is 726. The summed E-state index contributed by atoms with van der Waals surface area (Å²) in [5.74, 6) is -0.131. The topological polar surface area (TPSA) is 90.5 Å². The van der Waals surface area contributed by atoms with Crippen molar-refractivity contribution in [3.05, 3.63) is 30.1 Å². The second-order valence-corrected chi connectivity index (χ2v) is 8.14. The largest absolute Gasteiger partial charge is 0.355 e. The summed E-state index contributed by atoms with van der Waals surface area (Å²) in [6, 6.07) is 5.23. The first-order chi connectivity index (χ1) is 14.5. The third-order valence-electron chi connectivity index (χ3n) is 5.90. The number of carbonyl (C=O) groups excluding carboxylic acids is 3. The van der Waals surface area contributed by atoms with E-state index < -0.39 is 0 Å². The zero-order valence-corrected chi connectivity index (χ0v) is 17.3. The van der Waals surface area contributed by atoms with Crippen LogP contribution >= 0.6 is 0 Å². The van der Waals surface area contributed by atoms with E-state index in [0.29, 0.717) is 44.6 Å². The fourth-order valence-electron chi connectivity index (χ4n) is 4.12. The molecule has 164 valence electrons. The first kappa shape index (κ1) is 22.1. The molecule has 30 heavy (non-hydrogen) atoms. The molecule has 1 aliphatic heterocycles. The number of urea groups is 1. The van der Waals surface area contributed by atoms with Crippen LogP contribution in [0.25, 0.3) is 0 Å². The molecule has 1 aliphatic carbocycles. The number of halogens is 1. The summed E-state index contributed by atoms with van der Waals surface area (Å²) < 4.78 is 12.9. The van der Waals surface area contributed by atoms with Crippen molar-refractivity contribution < 1.29 is 18.8 Å². The summed E-state index contributed by atoms with van der Waals surface area (Å²) >= 11 is 0. The molecule has 4 amide bonds. The molecular weight excluding hydrogens is 387 g/mol. The fraction of sp³-hybridized carbons (Fsp3) is 0.591. The summed E-state index contributed by atoms with van der Waals surface area (Å²) in [6.07, 6.45) is 7.00. The van der Waals surface area contributed by atoms with E-state index in [1.54, 1.807) is 4.90 Å². The monoisotopic (exact) mass is 418 g/mol. The number of likely N-dealkylation sites (tertiary alicyclic amines) is 1. The number of hydrogen-bond donors (Lipinski definition) is 3. The Labute approximate surface area is 176 Å². The average molecular weight is 419 g/mol. The van der Waals surface area contributed by atoms with Crippen molar-refractivity contribution in [3.63, 3.8) is 0 Å². The van der Waals surface area contributed by atoms with Gasteiger partial charge >= 0.3 is 6.03 Å². The van der Waals surface area contributed by atoms with Crippen LogP contribution in [0.15, 0.2) is 24.3 Å². The Hall–Kier alpha value is -2.64. The molecule has 1 heterocycles. The smallest absolute Gasteiger partial charge is 0.319 e. The lowest BCUT2D eigenvalue weighted by atomic mass is 9.89. The van der Waals surface area contributed by atoms with Crippen LogP contribution in [0.1, 0.15) is 51.4 Å². The molecule has 8 heteroatoms. The second kappa shape index (κ2) is 10.9. The van der Waals surface area contributed by atoms with E-state index in [1.807, 2.05) is 0 Å². The third kappa shape index (κ3) is 6.71. The van der Waals surface area contributed by atoms with Gasteiger partial charge in [-0.1, -0.05) is 19.3 Å². The van der Waals surface area contributed by atoms with Crippen LogP contribution in [0.4, 0.5) is 14.9 Å². The molecule has 1 aromatic carbocycles. The van der Waals surface area contributed by atoms with Crippen molar-refractivity contribution in [3.8, 4) is 0 Å². The highest BCUT2D eigenvalue weighted by Gasteiger charge is 2.24. The molecule has 1 saturated carbocycles. The molecule has 0 unspecified atom stereocenters. The normalized spacial score (nSPS) is 18.0. The van der Waals surface area contributed by atoms with Gasteiger partial charge in [0.15, 0.2) is 0 Å². The van der Waals surface area contributed by atoms with Gasteiger partial charge in [-0.05, 0) is 49.9 Å². The van der Waals surface area contributed by atoms with Gasteiger partial charge in [-0.2, -0.15) is 0 Å². The number of amides is 4. The Morgan fingerprint density at radius 1 is 0.967 bits per heavy atom. The molecule has 7 nitrogen and oxygen atoms in total. The van der Waals surface area contributed by atoms with Crippen molar-refractivity contribution in [2.75, 3.05) is 25.0 Å². The minimum absolute atomic E-state index is 0.0134. The average Bonchev–Trinajstić information content (AvgIpc) is 2.76. The number of anilines is 1. The highest BCUT2D eigenvalue weighted by Crippen LogP contribution is 2.23. The molecule has 3 N–H and O–H groups in total. The SMILES string of the molecule is O=C(Nc1ccc(F)cc1)NC1CCN(C(=O)CCNC(=O)C2CCCCC2)CC1. The Balaban J connectivity index is 1.31. The standard InChI is InChI=1S/C22H31FN4O3/c23-17-6-8-18(9-7-17)25-22(30)26-19-11-14-27(15-12-19)20(28)10-13-24-21(29)16-4-2-1-3-5-16/h6-9,16,19H,1-5,10-15H2,(H,24,29)(H2,25,26,30). The highest BCUT2D eigenvalue weighted by atomic mass is 19.1. The number of piperidine rings is 1. The van der Waals surface area contributed by atoms with Gasteiger partial charge in [-0.3, -0.25) is 9.59 Å². The maximum absolute atomic E-state index is 12.9. The van der Waals surface area contributed by atoms with Gasteiger partial charge in [0.1, 0.15) is 5.82 Å². The molecule has 2 aliphatic rings. The number of nitrogens with zero attached hydrogens (tertiary/aromatic N) is 1. The van der Waals surface area contributed by atoms with Gasteiger partial charge in [-0.25, -0.2) is 9.18 Å². The van der Waals surface area contributed by atoms with Crippen LogP contribution in [0, 0.1) is 11.7 Å². The quantitative estimate of drug-likeness (QED) is 0.663. The van der Waals surface area contributed by atoms with Crippen LogP contribution < -0.4 is 16.0 Å². The van der Waals surface area contributed by atoms with Crippen molar-refractivity contribution in [1.29, 1.82) is 0 Å². The summed E-state index contributed by atoms with van der Waals surface area (Å²) in [4.78, 5) is 38.4. The lowest BCUT2D eigenvalue weighted by Gasteiger charge is -2.32. The maximum atomic E-state index is 12.9. The molecule has 0 bridgehead atoms. The Kier molecular flexibility index (Phi) is 8.04. The molecule has 3 rings (SSSR count). The number of rotatable bonds is 6. The molecule has 1 saturated heterocycles. The van der Waals surface area contributed by atoms with Crippen molar-refractivity contribution in [2.24, 2.45) is 5.92 Å². The van der Waals surface area contributed by atoms with Gasteiger partial charge in [0.2, 0.25) is 11.8 Å². The summed E-state index contributed by atoms with van der Waals surface area (Å²) in [6.45, 7) is 1.54. The predicted octanol–water partition coefficient (Wildman–Crippen LogP) is 3.02. The molecule has 1 aromatic rings. The van der Waals surface area contributed by atoms with E-state index in [2.05, 4.69) is 16.0 Å². The summed E-state index contributed by atoms with van der Waals surface area (Å²) in [5.41, 5.74) is 0.525. The van der Waals surface area contributed by atoms with Gasteiger partial charge in [0.25, 0.3) is 0 Å². The lowest BCUT2D eigenvalue weighted by Crippen LogP contribution is -2.48. The highest BCUT2D eigenvalue weighted by molar-refractivity contribution is 5.89. The number of benzene rings is 1. The van der Waals surface area contributed by atoms with E-state index in [1.165, 1.54) is 30.7 Å². The lowest BCUT2D eigenvalue weighted by molar-refractivity contribution is -0.132. The van der Waals surface area contributed by atoms with E-state index >= 15 is 0 Å². The molecule has 2 fully saturated rings. The Morgan fingerprint density at radius 3 is 2.30 bits per heavy atom.